The van der Waals surface area contributed by atoms with Crippen LogP contribution < -0.4 is 5.32 Å². The summed E-state index contributed by atoms with van der Waals surface area (Å²) in [7, 11) is 0. The Morgan fingerprint density at radius 2 is 1.48 bits per heavy atom. The van der Waals surface area contributed by atoms with Crippen molar-refractivity contribution >= 4 is 11.7 Å². The maximum atomic E-state index is 12.5. The second-order valence-electron chi connectivity index (χ2n) is 7.06. The Hall–Kier alpha value is -2.33. The summed E-state index contributed by atoms with van der Waals surface area (Å²) >= 11 is 0. The van der Waals surface area contributed by atoms with Crippen LogP contribution in [0.4, 0.5) is 10.5 Å². The molecule has 0 aliphatic carbocycles. The molecule has 0 atom stereocenters. The van der Waals surface area contributed by atoms with Crippen LogP contribution in [-0.2, 0) is 6.54 Å². The Kier molecular flexibility index (Phi) is 5.39. The van der Waals surface area contributed by atoms with E-state index in [1.54, 1.807) is 0 Å². The lowest BCUT2D eigenvalue weighted by molar-refractivity contribution is 0.143. The molecule has 1 aliphatic rings. The number of urea groups is 1. The lowest BCUT2D eigenvalue weighted by Gasteiger charge is -2.34. The van der Waals surface area contributed by atoms with Gasteiger partial charge >= 0.3 is 6.03 Å². The molecule has 1 aliphatic heterocycles. The fourth-order valence-electron chi connectivity index (χ4n) is 3.31. The first kappa shape index (κ1) is 17.5. The van der Waals surface area contributed by atoms with E-state index >= 15 is 0 Å². The van der Waals surface area contributed by atoms with E-state index in [4.69, 9.17) is 0 Å². The van der Waals surface area contributed by atoms with Crippen LogP contribution in [-0.4, -0.2) is 42.0 Å². The van der Waals surface area contributed by atoms with Crippen molar-refractivity contribution in [3.63, 3.8) is 0 Å². The van der Waals surface area contributed by atoms with Crippen LogP contribution in [0.5, 0.6) is 0 Å². The van der Waals surface area contributed by atoms with Gasteiger partial charge in [0, 0.05) is 38.4 Å². The summed E-state index contributed by atoms with van der Waals surface area (Å²) in [5.41, 5.74) is 5.83. The summed E-state index contributed by atoms with van der Waals surface area (Å²) in [6.07, 6.45) is 0. The van der Waals surface area contributed by atoms with Crippen LogP contribution in [0, 0.1) is 20.8 Å². The zero-order chi connectivity index (χ0) is 17.8. The van der Waals surface area contributed by atoms with Crippen molar-refractivity contribution in [1.29, 1.82) is 0 Å². The van der Waals surface area contributed by atoms with Crippen LogP contribution in [0.2, 0.25) is 0 Å². The molecule has 0 saturated carbocycles. The molecule has 1 saturated heterocycles. The summed E-state index contributed by atoms with van der Waals surface area (Å²) in [4.78, 5) is 16.8. The molecule has 25 heavy (non-hydrogen) atoms. The third-order valence-electron chi connectivity index (χ3n) is 4.66. The zero-order valence-corrected chi connectivity index (χ0v) is 15.4. The van der Waals surface area contributed by atoms with E-state index in [9.17, 15) is 4.79 Å². The molecule has 2 aromatic carbocycles. The van der Waals surface area contributed by atoms with Gasteiger partial charge in [0.1, 0.15) is 0 Å². The van der Waals surface area contributed by atoms with Gasteiger partial charge in [0.2, 0.25) is 0 Å². The quantitative estimate of drug-likeness (QED) is 0.920. The number of carbonyl (C=O) groups is 1. The molecule has 0 radical (unpaired) electrons. The highest BCUT2D eigenvalue weighted by Crippen LogP contribution is 2.15. The van der Waals surface area contributed by atoms with Crippen molar-refractivity contribution in [3.05, 3.63) is 64.7 Å². The van der Waals surface area contributed by atoms with Gasteiger partial charge in [-0.15, -0.1) is 0 Å². The lowest BCUT2D eigenvalue weighted by atomic mass is 10.1. The molecule has 4 nitrogen and oxygen atoms in total. The van der Waals surface area contributed by atoms with Gasteiger partial charge in [0.05, 0.1) is 0 Å². The second kappa shape index (κ2) is 7.70. The number of piperazine rings is 1. The first-order valence-corrected chi connectivity index (χ1v) is 8.92. The molecule has 0 unspecified atom stereocenters. The molecule has 0 spiro atoms. The number of aryl methyl sites for hydroxylation is 3. The number of nitrogens with one attached hydrogen (secondary N) is 1. The molecule has 1 heterocycles. The second-order valence-corrected chi connectivity index (χ2v) is 7.06. The minimum absolute atomic E-state index is 0.0000131. The number of anilines is 1. The van der Waals surface area contributed by atoms with Gasteiger partial charge in [-0.3, -0.25) is 4.90 Å². The van der Waals surface area contributed by atoms with Crippen molar-refractivity contribution in [2.24, 2.45) is 0 Å². The van der Waals surface area contributed by atoms with Gasteiger partial charge in [-0.2, -0.15) is 0 Å². The molecule has 132 valence electrons. The third kappa shape index (κ3) is 4.83. The highest BCUT2D eigenvalue weighted by atomic mass is 16.2. The fourth-order valence-corrected chi connectivity index (χ4v) is 3.31. The minimum Gasteiger partial charge on any atom is -0.322 e. The van der Waals surface area contributed by atoms with Gasteiger partial charge in [-0.05, 0) is 49.6 Å². The molecule has 2 amide bonds. The van der Waals surface area contributed by atoms with Crippen molar-refractivity contribution in [2.75, 3.05) is 31.5 Å². The predicted molar refractivity (Wildman–Crippen MR) is 103 cm³/mol. The SMILES string of the molecule is Cc1ccc(CN2CCN(C(=O)Nc3cc(C)cc(C)c3)CC2)cc1. The van der Waals surface area contributed by atoms with E-state index in [0.29, 0.717) is 0 Å². The smallest absolute Gasteiger partial charge is 0.321 e. The Bertz CT molecular complexity index is 711. The molecule has 0 aromatic heterocycles. The number of benzene rings is 2. The summed E-state index contributed by atoms with van der Waals surface area (Å²) in [5, 5.41) is 3.03. The normalized spacial score (nSPS) is 15.2. The Morgan fingerprint density at radius 3 is 2.08 bits per heavy atom. The zero-order valence-electron chi connectivity index (χ0n) is 15.4. The molecular weight excluding hydrogens is 310 g/mol. The number of hydrogen-bond donors (Lipinski definition) is 1. The van der Waals surface area contributed by atoms with Crippen LogP contribution in [0.3, 0.4) is 0 Å². The largest absolute Gasteiger partial charge is 0.322 e. The predicted octanol–water partition coefficient (Wildman–Crippen LogP) is 3.96. The first-order chi connectivity index (χ1) is 12.0. The van der Waals surface area contributed by atoms with E-state index < -0.39 is 0 Å². The number of rotatable bonds is 3. The average Bonchev–Trinajstić information content (AvgIpc) is 2.56. The maximum absolute atomic E-state index is 12.5. The van der Waals surface area contributed by atoms with Gasteiger partial charge in [-0.25, -0.2) is 4.79 Å². The molecular formula is C21H27N3O. The van der Waals surface area contributed by atoms with Crippen LogP contribution in [0.25, 0.3) is 0 Å². The van der Waals surface area contributed by atoms with E-state index in [2.05, 4.69) is 47.5 Å². The Labute approximate surface area is 150 Å². The number of amides is 2. The van der Waals surface area contributed by atoms with Gasteiger partial charge < -0.3 is 10.2 Å². The van der Waals surface area contributed by atoms with E-state index in [1.807, 2.05) is 30.9 Å². The third-order valence-corrected chi connectivity index (χ3v) is 4.66. The highest BCUT2D eigenvalue weighted by Gasteiger charge is 2.21. The topological polar surface area (TPSA) is 35.6 Å². The van der Waals surface area contributed by atoms with Crippen molar-refractivity contribution in [1.82, 2.24) is 9.80 Å². The van der Waals surface area contributed by atoms with Crippen molar-refractivity contribution < 1.29 is 4.79 Å². The summed E-state index contributed by atoms with van der Waals surface area (Å²) < 4.78 is 0. The summed E-state index contributed by atoms with van der Waals surface area (Å²) in [6.45, 7) is 10.5. The lowest BCUT2D eigenvalue weighted by Crippen LogP contribution is -2.49. The minimum atomic E-state index is -0.0000131. The average molecular weight is 337 g/mol. The molecule has 3 rings (SSSR count). The fraction of sp³-hybridized carbons (Fsp3) is 0.381. The number of hydrogen-bond acceptors (Lipinski definition) is 2. The van der Waals surface area contributed by atoms with Gasteiger partial charge in [0.25, 0.3) is 0 Å². The molecule has 1 N–H and O–H groups in total. The van der Waals surface area contributed by atoms with Crippen LogP contribution in [0.15, 0.2) is 42.5 Å². The van der Waals surface area contributed by atoms with Crippen LogP contribution in [0.1, 0.15) is 22.3 Å². The number of nitrogens with zero attached hydrogens (tertiary/aromatic N) is 2. The Morgan fingerprint density at radius 1 is 0.880 bits per heavy atom. The monoisotopic (exact) mass is 337 g/mol. The summed E-state index contributed by atoms with van der Waals surface area (Å²) in [5.74, 6) is 0. The van der Waals surface area contributed by atoms with Crippen LogP contribution >= 0.6 is 0 Å². The van der Waals surface area contributed by atoms with E-state index in [0.717, 1.165) is 38.4 Å². The molecule has 1 fully saturated rings. The highest BCUT2D eigenvalue weighted by molar-refractivity contribution is 5.89. The standard InChI is InChI=1S/C21H27N3O/c1-16-4-6-19(7-5-16)15-23-8-10-24(11-9-23)21(25)22-20-13-17(2)12-18(3)14-20/h4-7,12-14H,8-11,15H2,1-3H3,(H,22,25). The summed E-state index contributed by atoms with van der Waals surface area (Å²) in [6, 6.07) is 14.8. The van der Waals surface area contributed by atoms with E-state index in [1.165, 1.54) is 22.3 Å². The van der Waals surface area contributed by atoms with Gasteiger partial charge in [0.15, 0.2) is 0 Å². The molecule has 4 heteroatoms. The van der Waals surface area contributed by atoms with E-state index in [-0.39, 0.29) is 6.03 Å². The first-order valence-electron chi connectivity index (χ1n) is 8.92. The van der Waals surface area contributed by atoms with Crippen molar-refractivity contribution in [2.45, 2.75) is 27.3 Å². The van der Waals surface area contributed by atoms with Crippen molar-refractivity contribution in [3.8, 4) is 0 Å². The van der Waals surface area contributed by atoms with Gasteiger partial charge in [-0.1, -0.05) is 35.9 Å². The Balaban J connectivity index is 1.51. The number of carbonyl (C=O) groups excluding carboxylic acids is 1. The molecule has 2 aromatic rings. The maximum Gasteiger partial charge on any atom is 0.321 e. The molecule has 0 bridgehead atoms.